The van der Waals surface area contributed by atoms with E-state index in [0.717, 1.165) is 27.9 Å². The van der Waals surface area contributed by atoms with E-state index >= 15 is 0 Å². The molecule has 6 nitrogen and oxygen atoms in total. The minimum absolute atomic E-state index is 0.229. The van der Waals surface area contributed by atoms with Crippen molar-refractivity contribution in [2.24, 2.45) is 0 Å². The molecule has 0 N–H and O–H groups in total. The van der Waals surface area contributed by atoms with Crippen LogP contribution in [-0.2, 0) is 13.2 Å². The average Bonchev–Trinajstić information content (AvgIpc) is 3.21. The summed E-state index contributed by atoms with van der Waals surface area (Å²) in [5, 5.41) is 1.01. The van der Waals surface area contributed by atoms with Crippen molar-refractivity contribution in [2.75, 3.05) is 7.05 Å². The number of ether oxygens (including phenoxy) is 1. The largest absolute Gasteiger partial charge is 0.485 e. The van der Waals surface area contributed by atoms with E-state index in [1.807, 2.05) is 57.2 Å². The maximum atomic E-state index is 12.8. The smallest absolute Gasteiger partial charge is 0.289 e. The van der Waals surface area contributed by atoms with Crippen molar-refractivity contribution in [3.05, 3.63) is 88.8 Å². The lowest BCUT2D eigenvalue weighted by molar-refractivity contribution is 0.0745. The summed E-state index contributed by atoms with van der Waals surface area (Å²) in [6, 6.07) is 17.3. The van der Waals surface area contributed by atoms with Gasteiger partial charge in [-0.25, -0.2) is 9.97 Å². The Morgan fingerprint density at radius 3 is 2.65 bits per heavy atom. The number of hydrogen-bond acceptors (Lipinski definition) is 5. The molecule has 0 spiro atoms. The second-order valence-corrected chi connectivity index (χ2v) is 7.73. The summed E-state index contributed by atoms with van der Waals surface area (Å²) in [5.41, 5.74) is 4.01. The fraction of sp³-hybridized carbons (Fsp3) is 0.240. The number of aromatic nitrogens is 2. The molecule has 6 heteroatoms. The molecule has 0 atom stereocenters. The number of nitrogens with zero attached hydrogens (tertiary/aromatic N) is 3. The van der Waals surface area contributed by atoms with E-state index in [1.54, 1.807) is 24.1 Å². The van der Waals surface area contributed by atoms with Gasteiger partial charge in [0, 0.05) is 18.1 Å². The summed E-state index contributed by atoms with van der Waals surface area (Å²) in [6.07, 6.45) is 0. The average molecular weight is 415 g/mol. The number of fused-ring (bicyclic) bond motifs is 1. The first kappa shape index (κ1) is 20.6. The van der Waals surface area contributed by atoms with E-state index in [-0.39, 0.29) is 18.3 Å². The third-order valence-corrected chi connectivity index (χ3v) is 5.14. The zero-order valence-electron chi connectivity index (χ0n) is 18.2. The lowest BCUT2D eigenvalue weighted by atomic mass is 10.1. The number of amides is 1. The van der Waals surface area contributed by atoms with Gasteiger partial charge >= 0.3 is 0 Å². The third kappa shape index (κ3) is 4.58. The molecule has 2 heterocycles. The molecule has 1 amide bonds. The van der Waals surface area contributed by atoms with Crippen LogP contribution in [0.25, 0.3) is 10.9 Å². The van der Waals surface area contributed by atoms with Crippen molar-refractivity contribution in [3.8, 4) is 5.75 Å². The summed E-state index contributed by atoms with van der Waals surface area (Å²) in [4.78, 5) is 23.5. The first-order valence-electron chi connectivity index (χ1n) is 10.2. The van der Waals surface area contributed by atoms with Gasteiger partial charge in [0.1, 0.15) is 23.9 Å². The lowest BCUT2D eigenvalue weighted by Crippen LogP contribution is -2.27. The van der Waals surface area contributed by atoms with Gasteiger partial charge in [0.15, 0.2) is 5.76 Å². The number of carbonyl (C=O) groups is 1. The van der Waals surface area contributed by atoms with Gasteiger partial charge < -0.3 is 14.1 Å². The summed E-state index contributed by atoms with van der Waals surface area (Å²) in [7, 11) is 1.71. The van der Waals surface area contributed by atoms with Crippen molar-refractivity contribution < 1.29 is 13.9 Å². The van der Waals surface area contributed by atoms with Gasteiger partial charge in [-0.3, -0.25) is 4.79 Å². The first-order valence-corrected chi connectivity index (χ1v) is 10.2. The van der Waals surface area contributed by atoms with Gasteiger partial charge in [0.25, 0.3) is 5.91 Å². The predicted octanol–water partition coefficient (Wildman–Crippen LogP) is 5.00. The molecule has 0 unspecified atom stereocenters. The second-order valence-electron chi connectivity index (χ2n) is 7.73. The van der Waals surface area contributed by atoms with Crippen molar-refractivity contribution in [3.63, 3.8) is 0 Å². The van der Waals surface area contributed by atoms with E-state index in [2.05, 4.69) is 16.0 Å². The van der Waals surface area contributed by atoms with E-state index < -0.39 is 0 Å². The van der Waals surface area contributed by atoms with Crippen LogP contribution in [-0.4, -0.2) is 27.8 Å². The highest BCUT2D eigenvalue weighted by atomic mass is 16.5. The third-order valence-electron chi connectivity index (χ3n) is 5.14. The zero-order valence-corrected chi connectivity index (χ0v) is 18.2. The Morgan fingerprint density at radius 2 is 1.84 bits per heavy atom. The summed E-state index contributed by atoms with van der Waals surface area (Å²) < 4.78 is 11.6. The molecule has 0 aliphatic carbocycles. The molecule has 31 heavy (non-hydrogen) atoms. The second kappa shape index (κ2) is 8.60. The molecule has 4 rings (SSSR count). The number of hydrogen-bond donors (Lipinski definition) is 0. The van der Waals surface area contributed by atoms with Crippen LogP contribution in [0.5, 0.6) is 5.75 Å². The Bertz CT molecular complexity index is 1250. The van der Waals surface area contributed by atoms with Gasteiger partial charge in [0.2, 0.25) is 0 Å². The first-order chi connectivity index (χ1) is 14.9. The monoisotopic (exact) mass is 415 g/mol. The fourth-order valence-corrected chi connectivity index (χ4v) is 3.52. The summed E-state index contributed by atoms with van der Waals surface area (Å²) >= 11 is 0. The van der Waals surface area contributed by atoms with Crippen LogP contribution < -0.4 is 4.74 Å². The van der Waals surface area contributed by atoms with E-state index in [0.29, 0.717) is 18.1 Å². The molecule has 158 valence electrons. The van der Waals surface area contributed by atoms with Crippen molar-refractivity contribution >= 4 is 16.8 Å². The number of benzene rings is 2. The Labute approximate surface area is 181 Å². The predicted molar refractivity (Wildman–Crippen MR) is 119 cm³/mol. The van der Waals surface area contributed by atoms with Crippen LogP contribution in [0.2, 0.25) is 0 Å². The number of furan rings is 1. The molecule has 2 aromatic heterocycles. The lowest BCUT2D eigenvalue weighted by Gasteiger charge is -2.15. The normalized spacial score (nSPS) is 11.0. The van der Waals surface area contributed by atoms with E-state index in [9.17, 15) is 4.79 Å². The van der Waals surface area contributed by atoms with Gasteiger partial charge in [0.05, 0.1) is 12.1 Å². The fourth-order valence-electron chi connectivity index (χ4n) is 3.52. The van der Waals surface area contributed by atoms with Gasteiger partial charge in [-0.1, -0.05) is 35.9 Å². The topological polar surface area (TPSA) is 68.5 Å². The minimum atomic E-state index is -0.229. The van der Waals surface area contributed by atoms with Crippen LogP contribution >= 0.6 is 0 Å². The van der Waals surface area contributed by atoms with Gasteiger partial charge in [-0.05, 0) is 50.6 Å². The van der Waals surface area contributed by atoms with Crippen LogP contribution in [0, 0.1) is 20.8 Å². The molecular formula is C25H25N3O3. The number of rotatable bonds is 6. The number of aryl methyl sites for hydroxylation is 3. The Kier molecular flexibility index (Phi) is 5.71. The molecule has 4 aromatic rings. The Morgan fingerprint density at radius 1 is 1.03 bits per heavy atom. The maximum absolute atomic E-state index is 12.8. The van der Waals surface area contributed by atoms with Crippen molar-refractivity contribution in [1.82, 2.24) is 14.9 Å². The van der Waals surface area contributed by atoms with Crippen LogP contribution in [0.15, 0.2) is 59.0 Å². The summed E-state index contributed by atoms with van der Waals surface area (Å²) in [5.74, 6) is 2.02. The molecule has 0 saturated carbocycles. The SMILES string of the molecule is Cc1ccc(OCc2ccc(C(=O)N(C)Cc3nc(C)c4ccccc4n3)o2)c(C)c1. The van der Waals surface area contributed by atoms with Crippen LogP contribution in [0.1, 0.15) is 39.0 Å². The highest BCUT2D eigenvalue weighted by Crippen LogP contribution is 2.21. The molecule has 0 aliphatic rings. The highest BCUT2D eigenvalue weighted by molar-refractivity contribution is 5.91. The number of para-hydroxylation sites is 1. The number of carbonyl (C=O) groups excluding carboxylic acids is 1. The molecular weight excluding hydrogens is 390 g/mol. The van der Waals surface area contributed by atoms with Crippen molar-refractivity contribution in [1.29, 1.82) is 0 Å². The van der Waals surface area contributed by atoms with Gasteiger partial charge in [-0.15, -0.1) is 0 Å². The van der Waals surface area contributed by atoms with Crippen LogP contribution in [0.4, 0.5) is 0 Å². The molecule has 2 aromatic carbocycles. The zero-order chi connectivity index (χ0) is 22.0. The quantitative estimate of drug-likeness (QED) is 0.443. The van der Waals surface area contributed by atoms with E-state index in [1.165, 1.54) is 5.56 Å². The summed E-state index contributed by atoms with van der Waals surface area (Å²) in [6.45, 7) is 6.55. The molecule has 0 saturated heterocycles. The molecule has 0 fully saturated rings. The van der Waals surface area contributed by atoms with E-state index in [4.69, 9.17) is 9.15 Å². The molecule has 0 aliphatic heterocycles. The van der Waals surface area contributed by atoms with Crippen molar-refractivity contribution in [2.45, 2.75) is 33.9 Å². The standard InChI is InChI=1S/C25H25N3O3/c1-16-9-11-22(17(2)13-16)30-15-19-10-12-23(31-19)25(29)28(4)14-24-26-18(3)20-7-5-6-8-21(20)27-24/h5-13H,14-15H2,1-4H3. The van der Waals surface area contributed by atoms with Gasteiger partial charge in [-0.2, -0.15) is 0 Å². The Hall–Kier alpha value is -3.67. The van der Waals surface area contributed by atoms with Crippen LogP contribution in [0.3, 0.4) is 0 Å². The Balaban J connectivity index is 1.42. The molecule has 0 radical (unpaired) electrons. The highest BCUT2D eigenvalue weighted by Gasteiger charge is 2.18. The maximum Gasteiger partial charge on any atom is 0.289 e. The molecule has 0 bridgehead atoms. The minimum Gasteiger partial charge on any atom is -0.485 e.